The van der Waals surface area contributed by atoms with E-state index in [-0.39, 0.29) is 29.7 Å². The number of ketones is 1. The van der Waals surface area contributed by atoms with Crippen molar-refractivity contribution in [3.05, 3.63) is 76.7 Å². The molecule has 2 aromatic rings. The lowest BCUT2D eigenvalue weighted by Gasteiger charge is -2.44. The summed E-state index contributed by atoms with van der Waals surface area (Å²) in [6.07, 6.45) is 0. The predicted molar refractivity (Wildman–Crippen MR) is 89.3 cm³/mol. The molecule has 23 heavy (non-hydrogen) atoms. The summed E-state index contributed by atoms with van der Waals surface area (Å²) >= 11 is 0. The highest BCUT2D eigenvalue weighted by Gasteiger charge is 2.46. The molecule has 4 nitrogen and oxygen atoms in total. The van der Waals surface area contributed by atoms with Gasteiger partial charge < -0.3 is 0 Å². The van der Waals surface area contributed by atoms with Gasteiger partial charge in [0.25, 0.3) is 0 Å². The van der Waals surface area contributed by atoms with Crippen LogP contribution < -0.4 is 0 Å². The van der Waals surface area contributed by atoms with Crippen LogP contribution in [0.2, 0.25) is 0 Å². The Labute approximate surface area is 136 Å². The summed E-state index contributed by atoms with van der Waals surface area (Å²) in [5.74, 6) is -0.372. The van der Waals surface area contributed by atoms with Gasteiger partial charge in [-0.3, -0.25) is 4.79 Å². The van der Waals surface area contributed by atoms with Gasteiger partial charge in [-0.25, -0.2) is 5.01 Å². The molecule has 0 aromatic heterocycles. The predicted octanol–water partition coefficient (Wildman–Crippen LogP) is 4.31. The highest BCUT2D eigenvalue weighted by atomic mass is 16.3. The van der Waals surface area contributed by atoms with E-state index in [0.717, 1.165) is 11.1 Å². The van der Waals surface area contributed by atoms with Crippen molar-refractivity contribution in [2.75, 3.05) is 0 Å². The van der Waals surface area contributed by atoms with Gasteiger partial charge in [-0.1, -0.05) is 74.5 Å². The van der Waals surface area contributed by atoms with E-state index in [1.165, 1.54) is 0 Å². The van der Waals surface area contributed by atoms with Crippen LogP contribution in [-0.4, -0.2) is 10.8 Å². The molecule has 0 radical (unpaired) electrons. The Hall–Kier alpha value is -2.49. The summed E-state index contributed by atoms with van der Waals surface area (Å²) in [4.78, 5) is 24.5. The van der Waals surface area contributed by atoms with Gasteiger partial charge in [0.2, 0.25) is 0 Å². The molecule has 0 N–H and O–H groups in total. The van der Waals surface area contributed by atoms with Crippen molar-refractivity contribution in [3.8, 4) is 0 Å². The van der Waals surface area contributed by atoms with Crippen LogP contribution in [0.4, 0.5) is 0 Å². The fourth-order valence-corrected chi connectivity index (χ4v) is 3.64. The average molecular weight is 308 g/mol. The van der Waals surface area contributed by atoms with Crippen molar-refractivity contribution < 1.29 is 4.79 Å². The molecule has 0 aliphatic carbocycles. The lowest BCUT2D eigenvalue weighted by molar-refractivity contribution is -0.138. The topological polar surface area (TPSA) is 49.7 Å². The van der Waals surface area contributed by atoms with Gasteiger partial charge in [-0.15, -0.1) is 4.91 Å². The minimum Gasteiger partial charge on any atom is -0.299 e. The Morgan fingerprint density at radius 3 is 1.52 bits per heavy atom. The lowest BCUT2D eigenvalue weighted by Crippen LogP contribution is -2.46. The first-order chi connectivity index (χ1) is 11.1. The van der Waals surface area contributed by atoms with Crippen LogP contribution in [0.15, 0.2) is 65.9 Å². The number of carbonyl (C=O) groups excluding carboxylic acids is 1. The molecular formula is C19H20N2O2. The minimum atomic E-state index is -0.331. The number of nitrogens with zero attached hydrogens (tertiary/aromatic N) is 2. The first-order valence-electron chi connectivity index (χ1n) is 7.90. The van der Waals surface area contributed by atoms with E-state index in [2.05, 4.69) is 5.29 Å². The third-order valence-corrected chi connectivity index (χ3v) is 4.79. The Morgan fingerprint density at radius 1 is 0.783 bits per heavy atom. The maximum atomic E-state index is 12.8. The van der Waals surface area contributed by atoms with Crippen molar-refractivity contribution >= 4 is 5.78 Å². The number of piperidine rings is 1. The smallest absolute Gasteiger partial charge is 0.143 e. The third-order valence-electron chi connectivity index (χ3n) is 4.79. The van der Waals surface area contributed by atoms with Gasteiger partial charge in [-0.05, 0) is 11.1 Å². The number of benzene rings is 2. The Kier molecular flexibility index (Phi) is 4.24. The molecule has 1 heterocycles. The number of nitroso groups, excluding NO2 is 1. The average Bonchev–Trinajstić information content (AvgIpc) is 2.61. The first-order valence-corrected chi connectivity index (χ1v) is 7.90. The largest absolute Gasteiger partial charge is 0.299 e. The molecule has 0 amide bonds. The molecule has 118 valence electrons. The Balaban J connectivity index is 2.09. The summed E-state index contributed by atoms with van der Waals surface area (Å²) < 4.78 is 0. The molecule has 1 fully saturated rings. The zero-order chi connectivity index (χ0) is 16.4. The highest BCUT2D eigenvalue weighted by Crippen LogP contribution is 2.46. The number of Topliss-reactive ketones (excluding diaryl/α,β-unsaturated/α-hetero) is 1. The fraction of sp³-hybridized carbons (Fsp3) is 0.316. The van der Waals surface area contributed by atoms with E-state index in [0.29, 0.717) is 0 Å². The zero-order valence-electron chi connectivity index (χ0n) is 13.3. The molecule has 4 atom stereocenters. The van der Waals surface area contributed by atoms with E-state index in [1.807, 2.05) is 74.5 Å². The molecule has 4 heteroatoms. The minimum absolute atomic E-state index is 0.174. The van der Waals surface area contributed by atoms with Crippen molar-refractivity contribution in [2.24, 2.45) is 17.1 Å². The molecule has 1 aliphatic heterocycles. The van der Waals surface area contributed by atoms with E-state index < -0.39 is 0 Å². The second kappa shape index (κ2) is 6.32. The van der Waals surface area contributed by atoms with Crippen molar-refractivity contribution in [1.82, 2.24) is 5.01 Å². The SMILES string of the molecule is C[C@@H]1C(=O)[C@@H](C)[C@@H](c2ccccc2)N(N=O)[C@@H]1c1ccccc1. The molecule has 0 unspecified atom stereocenters. The van der Waals surface area contributed by atoms with Gasteiger partial charge >= 0.3 is 0 Å². The molecule has 2 aromatic carbocycles. The van der Waals surface area contributed by atoms with Crippen LogP contribution in [-0.2, 0) is 4.79 Å². The molecular weight excluding hydrogens is 288 g/mol. The van der Waals surface area contributed by atoms with Gasteiger partial charge in [0, 0.05) is 11.8 Å². The van der Waals surface area contributed by atoms with E-state index in [1.54, 1.807) is 5.01 Å². The van der Waals surface area contributed by atoms with Crippen LogP contribution in [0.1, 0.15) is 37.1 Å². The monoisotopic (exact) mass is 308 g/mol. The quantitative estimate of drug-likeness (QED) is 0.794. The third kappa shape index (κ3) is 2.65. The standard InChI is InChI=1S/C19H20N2O2/c1-13-17(15-9-5-3-6-10-15)21(20-23)18(14(2)19(13)22)16-11-7-4-8-12-16/h3-14,17-18H,1-2H3/t13-,14-,17-,18-/m0/s1. The summed E-state index contributed by atoms with van der Waals surface area (Å²) in [7, 11) is 0. The van der Waals surface area contributed by atoms with E-state index in [9.17, 15) is 9.70 Å². The maximum Gasteiger partial charge on any atom is 0.143 e. The molecule has 3 rings (SSSR count). The van der Waals surface area contributed by atoms with Crippen molar-refractivity contribution in [2.45, 2.75) is 25.9 Å². The molecule has 1 saturated heterocycles. The zero-order valence-corrected chi connectivity index (χ0v) is 13.3. The van der Waals surface area contributed by atoms with Crippen LogP contribution in [0.5, 0.6) is 0 Å². The van der Waals surface area contributed by atoms with Crippen molar-refractivity contribution in [1.29, 1.82) is 0 Å². The number of carbonyl (C=O) groups is 1. The summed E-state index contributed by atoms with van der Waals surface area (Å²) in [6.45, 7) is 3.77. The van der Waals surface area contributed by atoms with Gasteiger partial charge in [0.15, 0.2) is 0 Å². The van der Waals surface area contributed by atoms with Crippen LogP contribution in [0.3, 0.4) is 0 Å². The fourth-order valence-electron chi connectivity index (χ4n) is 3.64. The highest BCUT2D eigenvalue weighted by molar-refractivity contribution is 5.85. The van der Waals surface area contributed by atoms with Gasteiger partial charge in [-0.2, -0.15) is 0 Å². The number of hydrogen-bond donors (Lipinski definition) is 0. The number of hydrogen-bond acceptors (Lipinski definition) is 3. The Bertz CT molecular complexity index is 632. The maximum absolute atomic E-state index is 12.8. The van der Waals surface area contributed by atoms with Crippen molar-refractivity contribution in [3.63, 3.8) is 0 Å². The number of rotatable bonds is 3. The van der Waals surface area contributed by atoms with Crippen LogP contribution >= 0.6 is 0 Å². The molecule has 1 aliphatic rings. The van der Waals surface area contributed by atoms with E-state index in [4.69, 9.17) is 0 Å². The first kappa shape index (κ1) is 15.4. The lowest BCUT2D eigenvalue weighted by atomic mass is 9.75. The second-order valence-electron chi connectivity index (χ2n) is 6.15. The van der Waals surface area contributed by atoms with Crippen LogP contribution in [0.25, 0.3) is 0 Å². The van der Waals surface area contributed by atoms with Crippen LogP contribution in [0, 0.1) is 16.7 Å². The summed E-state index contributed by atoms with van der Waals surface area (Å²) in [5, 5.41) is 4.90. The normalized spacial score (nSPS) is 27.7. The van der Waals surface area contributed by atoms with Gasteiger partial charge in [0.1, 0.15) is 5.78 Å². The molecule has 0 spiro atoms. The second-order valence-corrected chi connectivity index (χ2v) is 6.15. The molecule has 0 bridgehead atoms. The van der Waals surface area contributed by atoms with Gasteiger partial charge in [0.05, 0.1) is 17.4 Å². The Morgan fingerprint density at radius 2 is 1.17 bits per heavy atom. The van der Waals surface area contributed by atoms with E-state index >= 15 is 0 Å². The molecule has 0 saturated carbocycles. The summed E-state index contributed by atoms with van der Waals surface area (Å²) in [6, 6.07) is 18.7. The summed E-state index contributed by atoms with van der Waals surface area (Å²) in [5.41, 5.74) is 1.89.